The number of ketones is 1. The predicted molar refractivity (Wildman–Crippen MR) is 194 cm³/mol. The maximum absolute atomic E-state index is 13.8. The third-order valence-corrected chi connectivity index (χ3v) is 9.92. The van der Waals surface area contributed by atoms with Crippen LogP contribution in [0.25, 0.3) is 39.5 Å². The number of nitrogens with zero attached hydrogens (tertiary/aromatic N) is 3. The van der Waals surface area contributed by atoms with Crippen molar-refractivity contribution >= 4 is 11.4 Å². The van der Waals surface area contributed by atoms with E-state index in [-0.39, 0.29) is 11.2 Å². The molecule has 4 heteroatoms. The molecule has 48 heavy (non-hydrogen) atoms. The lowest BCUT2D eigenvalue weighted by molar-refractivity contribution is 0.103. The molecule has 0 N–H and O–H groups in total. The van der Waals surface area contributed by atoms with Gasteiger partial charge in [0.15, 0.2) is 17.4 Å². The molecule has 0 amide bonds. The Kier molecular flexibility index (Phi) is 7.10. The van der Waals surface area contributed by atoms with E-state index in [1.165, 1.54) is 0 Å². The van der Waals surface area contributed by atoms with Crippen LogP contribution in [0.15, 0.2) is 146 Å². The molecule has 2 aliphatic carbocycles. The molecule has 6 aromatic rings. The van der Waals surface area contributed by atoms with Crippen LogP contribution in [-0.4, -0.2) is 20.7 Å². The second kappa shape index (κ2) is 11.5. The van der Waals surface area contributed by atoms with Gasteiger partial charge in [0.25, 0.3) is 0 Å². The average molecular weight is 622 g/mol. The molecule has 5 aromatic carbocycles. The molecule has 1 heterocycles. The van der Waals surface area contributed by atoms with E-state index in [9.17, 15) is 4.79 Å². The van der Waals surface area contributed by atoms with E-state index in [0.29, 0.717) is 11.6 Å². The molecule has 0 fully saturated rings. The first-order chi connectivity index (χ1) is 23.3. The van der Waals surface area contributed by atoms with Crippen molar-refractivity contribution in [2.24, 2.45) is 0 Å². The normalized spacial score (nSPS) is 17.7. The molecule has 4 nitrogen and oxygen atoms in total. The molecule has 0 bridgehead atoms. The minimum absolute atomic E-state index is 0.0916. The van der Waals surface area contributed by atoms with Crippen LogP contribution >= 0.6 is 0 Å². The summed E-state index contributed by atoms with van der Waals surface area (Å²) >= 11 is 0. The van der Waals surface area contributed by atoms with E-state index in [4.69, 9.17) is 15.0 Å². The Balaban J connectivity index is 1.15. The summed E-state index contributed by atoms with van der Waals surface area (Å²) in [4.78, 5) is 28.7. The summed E-state index contributed by atoms with van der Waals surface area (Å²) in [6, 6.07) is 43.0. The van der Waals surface area contributed by atoms with Crippen molar-refractivity contribution < 1.29 is 4.79 Å². The van der Waals surface area contributed by atoms with Gasteiger partial charge in [-0.15, -0.1) is 0 Å². The highest BCUT2D eigenvalue weighted by Crippen LogP contribution is 2.44. The summed E-state index contributed by atoms with van der Waals surface area (Å²) in [5.74, 6) is 2.17. The summed E-state index contributed by atoms with van der Waals surface area (Å²) in [5, 5.41) is 0. The Morgan fingerprint density at radius 3 is 1.73 bits per heavy atom. The Morgan fingerprint density at radius 2 is 1.10 bits per heavy atom. The van der Waals surface area contributed by atoms with Gasteiger partial charge in [-0.1, -0.05) is 153 Å². The fourth-order valence-corrected chi connectivity index (χ4v) is 7.11. The van der Waals surface area contributed by atoms with Gasteiger partial charge in [-0.2, -0.15) is 0 Å². The zero-order valence-corrected chi connectivity index (χ0v) is 27.3. The Bertz CT molecular complexity index is 2210. The number of allylic oxidation sites excluding steroid dienone is 4. The molecule has 1 aromatic heterocycles. The number of rotatable bonds is 5. The van der Waals surface area contributed by atoms with E-state index in [0.717, 1.165) is 67.9 Å². The second-order valence-electron chi connectivity index (χ2n) is 13.5. The summed E-state index contributed by atoms with van der Waals surface area (Å²) in [6.45, 7) is 6.60. The maximum atomic E-state index is 13.8. The predicted octanol–water partition coefficient (Wildman–Crippen LogP) is 10.0. The molecule has 232 valence electrons. The third kappa shape index (κ3) is 5.01. The van der Waals surface area contributed by atoms with Crippen molar-refractivity contribution in [1.82, 2.24) is 15.0 Å². The summed E-state index contributed by atoms with van der Waals surface area (Å²) in [7, 11) is 0. The van der Waals surface area contributed by atoms with E-state index in [2.05, 4.69) is 87.5 Å². The van der Waals surface area contributed by atoms with Gasteiger partial charge in [-0.05, 0) is 52.8 Å². The van der Waals surface area contributed by atoms with Crippen LogP contribution in [-0.2, 0) is 10.8 Å². The number of carbonyl (C=O) groups excluding carboxylic acids is 1. The standard InChI is InChI=1S/C44H35N3O/c1-43(2)37-21-13-12-20-35(37)39(48)36-28-32(22-23-38(36)43)34-19-11-10-18-33(34)29-24-26-44(3,27-25-29)42-46-40(30-14-6-4-7-15-30)45-41(47-42)31-16-8-5-9-17-31/h4-26,28H,27H2,1-3H3. The van der Waals surface area contributed by atoms with Crippen molar-refractivity contribution in [1.29, 1.82) is 0 Å². The molecule has 0 spiro atoms. The summed E-state index contributed by atoms with van der Waals surface area (Å²) in [6.07, 6.45) is 7.44. The topological polar surface area (TPSA) is 55.7 Å². The fraction of sp³-hybridized carbons (Fsp3) is 0.136. The highest BCUT2D eigenvalue weighted by molar-refractivity contribution is 6.13. The number of aromatic nitrogens is 3. The van der Waals surface area contributed by atoms with E-state index in [1.54, 1.807) is 0 Å². The van der Waals surface area contributed by atoms with Crippen LogP contribution in [0, 0.1) is 0 Å². The minimum Gasteiger partial charge on any atom is -0.289 e. The largest absolute Gasteiger partial charge is 0.289 e. The lowest BCUT2D eigenvalue weighted by atomic mass is 9.68. The number of benzene rings is 5. The van der Waals surface area contributed by atoms with E-state index >= 15 is 0 Å². The van der Waals surface area contributed by atoms with Crippen molar-refractivity contribution in [2.75, 3.05) is 0 Å². The number of hydrogen-bond donors (Lipinski definition) is 0. The summed E-state index contributed by atoms with van der Waals surface area (Å²) in [5.41, 5.74) is 9.37. The highest BCUT2D eigenvalue weighted by atomic mass is 16.1. The van der Waals surface area contributed by atoms with Crippen molar-refractivity contribution in [3.8, 4) is 33.9 Å². The average Bonchev–Trinajstić information content (AvgIpc) is 3.15. The number of carbonyl (C=O) groups is 1. The maximum Gasteiger partial charge on any atom is 0.193 e. The Labute approximate surface area is 281 Å². The zero-order valence-electron chi connectivity index (χ0n) is 27.3. The van der Waals surface area contributed by atoms with Crippen LogP contribution in [0.5, 0.6) is 0 Å². The number of fused-ring (bicyclic) bond motifs is 2. The molecule has 0 radical (unpaired) electrons. The van der Waals surface area contributed by atoms with Crippen molar-refractivity contribution in [3.63, 3.8) is 0 Å². The first-order valence-corrected chi connectivity index (χ1v) is 16.5. The molecule has 2 aliphatic rings. The van der Waals surface area contributed by atoms with Gasteiger partial charge in [0, 0.05) is 33.1 Å². The smallest absolute Gasteiger partial charge is 0.193 e. The van der Waals surface area contributed by atoms with Gasteiger partial charge in [0.05, 0.1) is 0 Å². The molecule has 8 rings (SSSR count). The Hall–Kier alpha value is -5.74. The fourth-order valence-electron chi connectivity index (χ4n) is 7.11. The van der Waals surface area contributed by atoms with Gasteiger partial charge >= 0.3 is 0 Å². The monoisotopic (exact) mass is 621 g/mol. The SMILES string of the molecule is CC1(c2nc(-c3ccccc3)nc(-c3ccccc3)n2)C=CC(c2ccccc2-c2ccc3c(c2)C(=O)c2ccccc2C3(C)C)=CC1. The Morgan fingerprint density at radius 1 is 0.542 bits per heavy atom. The molecule has 1 unspecified atom stereocenters. The van der Waals surface area contributed by atoms with Crippen molar-refractivity contribution in [2.45, 2.75) is 38.0 Å². The van der Waals surface area contributed by atoms with E-state index in [1.807, 2.05) is 78.9 Å². The quantitative estimate of drug-likeness (QED) is 0.192. The minimum atomic E-state index is -0.425. The lowest BCUT2D eigenvalue weighted by Crippen LogP contribution is -2.30. The van der Waals surface area contributed by atoms with Gasteiger partial charge in [0.1, 0.15) is 5.82 Å². The van der Waals surface area contributed by atoms with Crippen LogP contribution in [0.3, 0.4) is 0 Å². The van der Waals surface area contributed by atoms with Gasteiger partial charge in [-0.3, -0.25) is 4.79 Å². The lowest BCUT2D eigenvalue weighted by Gasteiger charge is -2.34. The van der Waals surface area contributed by atoms with Crippen LogP contribution < -0.4 is 0 Å². The van der Waals surface area contributed by atoms with Gasteiger partial charge in [-0.25, -0.2) is 15.0 Å². The zero-order chi connectivity index (χ0) is 32.9. The second-order valence-corrected chi connectivity index (χ2v) is 13.5. The molecule has 0 saturated carbocycles. The van der Waals surface area contributed by atoms with Gasteiger partial charge in [0.2, 0.25) is 0 Å². The van der Waals surface area contributed by atoms with Gasteiger partial charge < -0.3 is 0 Å². The highest BCUT2D eigenvalue weighted by Gasteiger charge is 2.37. The molecular weight excluding hydrogens is 587 g/mol. The first kappa shape index (κ1) is 29.6. The van der Waals surface area contributed by atoms with E-state index < -0.39 is 5.41 Å². The van der Waals surface area contributed by atoms with Crippen molar-refractivity contribution in [3.05, 3.63) is 179 Å². The molecule has 0 aliphatic heterocycles. The van der Waals surface area contributed by atoms with Crippen LogP contribution in [0.4, 0.5) is 0 Å². The molecular formula is C44H35N3O. The van der Waals surface area contributed by atoms with Crippen LogP contribution in [0.1, 0.15) is 65.6 Å². The van der Waals surface area contributed by atoms with Crippen LogP contribution in [0.2, 0.25) is 0 Å². The first-order valence-electron chi connectivity index (χ1n) is 16.5. The molecule has 0 saturated heterocycles. The number of hydrogen-bond acceptors (Lipinski definition) is 4. The summed E-state index contributed by atoms with van der Waals surface area (Å²) < 4.78 is 0. The molecule has 1 atom stereocenters. The third-order valence-electron chi connectivity index (χ3n) is 9.92.